The first-order chi connectivity index (χ1) is 7.33. The van der Waals surface area contributed by atoms with E-state index in [1.807, 2.05) is 12.3 Å². The second-order valence-corrected chi connectivity index (χ2v) is 4.74. The van der Waals surface area contributed by atoms with Crippen molar-refractivity contribution in [3.63, 3.8) is 0 Å². The van der Waals surface area contributed by atoms with Gasteiger partial charge in [0.1, 0.15) is 5.15 Å². The van der Waals surface area contributed by atoms with Crippen molar-refractivity contribution >= 4 is 29.6 Å². The third-order valence-electron chi connectivity index (χ3n) is 3.39. The molecular weight excluding hydrogens is 243 g/mol. The Morgan fingerprint density at radius 1 is 1.31 bits per heavy atom. The number of hydrogen-bond acceptors (Lipinski definition) is 2. The Labute approximate surface area is 107 Å². The van der Waals surface area contributed by atoms with Gasteiger partial charge in [-0.1, -0.05) is 23.7 Å². The summed E-state index contributed by atoms with van der Waals surface area (Å²) in [4.78, 5) is 4.13. The van der Waals surface area contributed by atoms with Crippen LogP contribution in [0.4, 0.5) is 0 Å². The van der Waals surface area contributed by atoms with Crippen molar-refractivity contribution in [1.29, 1.82) is 0 Å². The van der Waals surface area contributed by atoms with Crippen LogP contribution >= 0.6 is 24.0 Å². The molecule has 0 amide bonds. The van der Waals surface area contributed by atoms with Gasteiger partial charge in [-0.15, -0.1) is 12.4 Å². The van der Waals surface area contributed by atoms with Crippen molar-refractivity contribution in [2.45, 2.75) is 6.42 Å². The van der Waals surface area contributed by atoms with Gasteiger partial charge in [0.05, 0.1) is 0 Å². The minimum atomic E-state index is 0. The topological polar surface area (TPSA) is 24.9 Å². The molecule has 0 radical (unpaired) electrons. The lowest BCUT2D eigenvalue weighted by Gasteiger charge is -2.06. The summed E-state index contributed by atoms with van der Waals surface area (Å²) in [7, 11) is 0. The maximum atomic E-state index is 5.77. The number of nitrogens with zero attached hydrogens (tertiary/aromatic N) is 1. The van der Waals surface area contributed by atoms with Gasteiger partial charge in [0.25, 0.3) is 0 Å². The van der Waals surface area contributed by atoms with Crippen LogP contribution in [0.25, 0.3) is 5.57 Å². The molecule has 0 aromatic carbocycles. The van der Waals surface area contributed by atoms with Gasteiger partial charge in [-0.3, -0.25) is 0 Å². The maximum absolute atomic E-state index is 5.77. The van der Waals surface area contributed by atoms with Crippen molar-refractivity contribution in [2.75, 3.05) is 13.1 Å². The first kappa shape index (κ1) is 11.9. The molecule has 2 unspecified atom stereocenters. The SMILES string of the molecule is Cl.Clc1ccc(C2=CC3CNCC3C2)cn1. The second kappa shape index (κ2) is 4.74. The van der Waals surface area contributed by atoms with E-state index in [-0.39, 0.29) is 12.4 Å². The highest BCUT2D eigenvalue weighted by atomic mass is 35.5. The van der Waals surface area contributed by atoms with Gasteiger partial charge < -0.3 is 5.32 Å². The highest BCUT2D eigenvalue weighted by Gasteiger charge is 2.31. The van der Waals surface area contributed by atoms with Crippen LogP contribution in [0.3, 0.4) is 0 Å². The number of fused-ring (bicyclic) bond motifs is 1. The highest BCUT2D eigenvalue weighted by molar-refractivity contribution is 6.29. The molecule has 0 spiro atoms. The number of hydrogen-bond donors (Lipinski definition) is 1. The average molecular weight is 257 g/mol. The predicted molar refractivity (Wildman–Crippen MR) is 68.9 cm³/mol. The normalized spacial score (nSPS) is 27.2. The molecule has 1 saturated heterocycles. The molecule has 1 aromatic rings. The monoisotopic (exact) mass is 256 g/mol. The van der Waals surface area contributed by atoms with E-state index in [1.54, 1.807) is 0 Å². The maximum Gasteiger partial charge on any atom is 0.129 e. The fourth-order valence-corrected chi connectivity index (χ4v) is 2.67. The summed E-state index contributed by atoms with van der Waals surface area (Å²) in [6.07, 6.45) is 5.46. The molecule has 1 N–H and O–H groups in total. The third-order valence-corrected chi connectivity index (χ3v) is 3.61. The number of rotatable bonds is 1. The summed E-state index contributed by atoms with van der Waals surface area (Å²) < 4.78 is 0. The van der Waals surface area contributed by atoms with Crippen molar-refractivity contribution in [2.24, 2.45) is 11.8 Å². The molecule has 0 bridgehead atoms. The summed E-state index contributed by atoms with van der Waals surface area (Å²) in [6.45, 7) is 2.29. The number of allylic oxidation sites excluding steroid dienone is 1. The molecular formula is C12H14Cl2N2. The molecule has 1 fully saturated rings. The van der Waals surface area contributed by atoms with Gasteiger partial charge >= 0.3 is 0 Å². The van der Waals surface area contributed by atoms with Gasteiger partial charge in [-0.05, 0) is 42.0 Å². The van der Waals surface area contributed by atoms with Gasteiger partial charge in [0.15, 0.2) is 0 Å². The average Bonchev–Trinajstić information content (AvgIpc) is 2.78. The van der Waals surface area contributed by atoms with Crippen LogP contribution in [0, 0.1) is 11.8 Å². The Hall–Kier alpha value is -0.570. The Morgan fingerprint density at radius 2 is 2.19 bits per heavy atom. The molecule has 2 heterocycles. The molecule has 86 valence electrons. The van der Waals surface area contributed by atoms with Crippen molar-refractivity contribution in [3.8, 4) is 0 Å². The zero-order valence-electron chi connectivity index (χ0n) is 8.82. The fraction of sp³-hybridized carbons (Fsp3) is 0.417. The summed E-state index contributed by atoms with van der Waals surface area (Å²) in [5, 5.41) is 3.99. The van der Waals surface area contributed by atoms with Crippen LogP contribution < -0.4 is 5.32 Å². The molecule has 2 nitrogen and oxygen atoms in total. The van der Waals surface area contributed by atoms with Crippen LogP contribution in [-0.2, 0) is 0 Å². The minimum absolute atomic E-state index is 0. The van der Waals surface area contributed by atoms with Crippen molar-refractivity contribution in [1.82, 2.24) is 10.3 Å². The Morgan fingerprint density at radius 3 is 2.88 bits per heavy atom. The quantitative estimate of drug-likeness (QED) is 0.782. The summed E-state index contributed by atoms with van der Waals surface area (Å²) >= 11 is 5.77. The Kier molecular flexibility index (Phi) is 3.53. The molecule has 4 heteroatoms. The van der Waals surface area contributed by atoms with E-state index in [0.717, 1.165) is 24.9 Å². The van der Waals surface area contributed by atoms with Crippen molar-refractivity contribution < 1.29 is 0 Å². The second-order valence-electron chi connectivity index (χ2n) is 4.35. The summed E-state index contributed by atoms with van der Waals surface area (Å²) in [6, 6.07) is 3.93. The van der Waals surface area contributed by atoms with Crippen LogP contribution in [-0.4, -0.2) is 18.1 Å². The fourth-order valence-electron chi connectivity index (χ4n) is 2.56. The molecule has 1 aliphatic heterocycles. The summed E-state index contributed by atoms with van der Waals surface area (Å²) in [5.41, 5.74) is 2.67. The molecule has 1 aliphatic carbocycles. The molecule has 2 atom stereocenters. The number of pyridine rings is 1. The predicted octanol–water partition coefficient (Wildman–Crippen LogP) is 2.78. The van der Waals surface area contributed by atoms with Gasteiger partial charge in [0.2, 0.25) is 0 Å². The van der Waals surface area contributed by atoms with Gasteiger partial charge in [0, 0.05) is 12.7 Å². The zero-order valence-corrected chi connectivity index (χ0v) is 10.4. The number of aromatic nitrogens is 1. The van der Waals surface area contributed by atoms with E-state index in [0.29, 0.717) is 5.15 Å². The smallest absolute Gasteiger partial charge is 0.129 e. The van der Waals surface area contributed by atoms with Crippen LogP contribution in [0.1, 0.15) is 12.0 Å². The van der Waals surface area contributed by atoms with E-state index in [1.165, 1.54) is 17.6 Å². The van der Waals surface area contributed by atoms with Crippen LogP contribution in [0.2, 0.25) is 5.15 Å². The third kappa shape index (κ3) is 2.10. The molecule has 1 aromatic heterocycles. The van der Waals surface area contributed by atoms with Crippen LogP contribution in [0.15, 0.2) is 24.4 Å². The Bertz CT molecular complexity index is 400. The largest absolute Gasteiger partial charge is 0.316 e. The van der Waals surface area contributed by atoms with E-state index >= 15 is 0 Å². The number of halogens is 2. The molecule has 16 heavy (non-hydrogen) atoms. The van der Waals surface area contributed by atoms with E-state index in [4.69, 9.17) is 11.6 Å². The van der Waals surface area contributed by atoms with Gasteiger partial charge in [-0.2, -0.15) is 0 Å². The summed E-state index contributed by atoms with van der Waals surface area (Å²) in [5.74, 6) is 1.53. The lowest BCUT2D eigenvalue weighted by Crippen LogP contribution is -2.09. The van der Waals surface area contributed by atoms with E-state index in [9.17, 15) is 0 Å². The molecule has 0 saturated carbocycles. The van der Waals surface area contributed by atoms with E-state index < -0.39 is 0 Å². The van der Waals surface area contributed by atoms with E-state index in [2.05, 4.69) is 22.4 Å². The molecule has 2 aliphatic rings. The zero-order chi connectivity index (χ0) is 10.3. The number of nitrogens with one attached hydrogen (secondary N) is 1. The lowest BCUT2D eigenvalue weighted by molar-refractivity contribution is 0.536. The van der Waals surface area contributed by atoms with Crippen LogP contribution in [0.5, 0.6) is 0 Å². The molecule has 3 rings (SSSR count). The minimum Gasteiger partial charge on any atom is -0.316 e. The Balaban J connectivity index is 0.000000963. The standard InChI is InChI=1S/C12H13ClN2.ClH/c13-12-2-1-8(7-15-12)9-3-10-5-14-6-11(10)4-9;/h1-3,7,10-11,14H,4-6H2;1H. The highest BCUT2D eigenvalue weighted by Crippen LogP contribution is 2.37. The first-order valence-electron chi connectivity index (χ1n) is 5.36. The van der Waals surface area contributed by atoms with Gasteiger partial charge in [-0.25, -0.2) is 4.98 Å². The lowest BCUT2D eigenvalue weighted by atomic mass is 9.99. The first-order valence-corrected chi connectivity index (χ1v) is 5.74. The van der Waals surface area contributed by atoms with Crippen molar-refractivity contribution in [3.05, 3.63) is 35.1 Å².